The maximum atomic E-state index is 12.8. The highest BCUT2D eigenvalue weighted by atomic mass is 16.5. The van der Waals surface area contributed by atoms with E-state index in [9.17, 15) is 4.79 Å². The van der Waals surface area contributed by atoms with Crippen LogP contribution in [-0.4, -0.2) is 37.1 Å². The molecule has 1 heterocycles. The van der Waals surface area contributed by atoms with Crippen molar-refractivity contribution in [3.8, 4) is 0 Å². The van der Waals surface area contributed by atoms with Crippen molar-refractivity contribution >= 4 is 5.91 Å². The maximum absolute atomic E-state index is 12.8. The molecule has 2 aliphatic rings. The molecule has 0 unspecified atom stereocenters. The molecule has 0 spiro atoms. The number of nitrogens with one attached hydrogen (secondary N) is 1. The maximum Gasteiger partial charge on any atom is 0.223 e. The van der Waals surface area contributed by atoms with Crippen LogP contribution >= 0.6 is 0 Å². The molecule has 1 saturated carbocycles. The van der Waals surface area contributed by atoms with E-state index >= 15 is 0 Å². The van der Waals surface area contributed by atoms with Gasteiger partial charge in [-0.2, -0.15) is 0 Å². The van der Waals surface area contributed by atoms with Gasteiger partial charge in [0, 0.05) is 32.1 Å². The Hall–Kier alpha value is -1.39. The number of hydrogen-bond donors (Lipinski definition) is 1. The molecule has 0 aromatic heterocycles. The molecule has 1 aliphatic carbocycles. The van der Waals surface area contributed by atoms with Gasteiger partial charge in [-0.3, -0.25) is 9.69 Å². The minimum atomic E-state index is 0.175. The molecule has 1 aromatic rings. The zero-order chi connectivity index (χ0) is 19.2. The van der Waals surface area contributed by atoms with Gasteiger partial charge in [0.2, 0.25) is 5.91 Å². The van der Waals surface area contributed by atoms with Crippen LogP contribution in [0, 0.1) is 23.7 Å². The zero-order valence-electron chi connectivity index (χ0n) is 17.2. The summed E-state index contributed by atoms with van der Waals surface area (Å²) in [6, 6.07) is 8.69. The standard InChI is InChI=1S/C23H36N2O2/c1-17(2)21-9-4-18(3)14-22(21)23(26)24-15-19-5-7-20(8-6-19)16-25-10-12-27-13-11-25/h5-8,17-18,21-22H,4,9-16H2,1-3H3,(H,24,26)/t18-,21+,22-/m1/s1. The highest BCUT2D eigenvalue weighted by Crippen LogP contribution is 2.38. The molecule has 1 N–H and O–H groups in total. The summed E-state index contributed by atoms with van der Waals surface area (Å²) >= 11 is 0. The van der Waals surface area contributed by atoms with Gasteiger partial charge in [-0.25, -0.2) is 0 Å². The summed E-state index contributed by atoms with van der Waals surface area (Å²) < 4.78 is 5.41. The quantitative estimate of drug-likeness (QED) is 0.825. The molecule has 0 bridgehead atoms. The van der Waals surface area contributed by atoms with Crippen LogP contribution in [0.1, 0.15) is 51.2 Å². The van der Waals surface area contributed by atoms with E-state index in [2.05, 4.69) is 55.3 Å². The second-order valence-corrected chi connectivity index (χ2v) is 8.86. The molecule has 3 rings (SSSR count). The van der Waals surface area contributed by atoms with Crippen molar-refractivity contribution < 1.29 is 9.53 Å². The lowest BCUT2D eigenvalue weighted by molar-refractivity contribution is -0.129. The second-order valence-electron chi connectivity index (χ2n) is 8.86. The van der Waals surface area contributed by atoms with Crippen molar-refractivity contribution in [2.45, 2.75) is 53.1 Å². The number of benzene rings is 1. The smallest absolute Gasteiger partial charge is 0.223 e. The van der Waals surface area contributed by atoms with Crippen molar-refractivity contribution in [1.29, 1.82) is 0 Å². The number of nitrogens with zero attached hydrogens (tertiary/aromatic N) is 1. The zero-order valence-corrected chi connectivity index (χ0v) is 17.2. The summed E-state index contributed by atoms with van der Waals surface area (Å²) in [6.07, 6.45) is 3.48. The monoisotopic (exact) mass is 372 g/mol. The van der Waals surface area contributed by atoms with Gasteiger partial charge in [-0.05, 0) is 41.7 Å². The normalized spacial score (nSPS) is 26.9. The molecule has 2 fully saturated rings. The lowest BCUT2D eigenvalue weighted by Gasteiger charge is -2.36. The highest BCUT2D eigenvalue weighted by molar-refractivity contribution is 5.79. The molecule has 0 radical (unpaired) electrons. The average molecular weight is 373 g/mol. The first kappa shape index (κ1) is 20.3. The number of morpholine rings is 1. The first-order valence-electron chi connectivity index (χ1n) is 10.7. The summed E-state index contributed by atoms with van der Waals surface area (Å²) in [5.41, 5.74) is 2.51. The third-order valence-electron chi connectivity index (χ3n) is 6.36. The molecule has 1 saturated heterocycles. The van der Waals surface area contributed by atoms with E-state index in [4.69, 9.17) is 4.74 Å². The molecule has 150 valence electrons. The molecule has 3 atom stereocenters. The Morgan fingerprint density at radius 1 is 1.15 bits per heavy atom. The SMILES string of the molecule is CC(C)[C@@H]1CC[C@@H](C)C[C@H]1C(=O)NCc1ccc(CN2CCOCC2)cc1. The number of rotatable bonds is 6. The predicted octanol–water partition coefficient (Wildman–Crippen LogP) is 3.84. The summed E-state index contributed by atoms with van der Waals surface area (Å²) in [5, 5.41) is 3.21. The second kappa shape index (κ2) is 9.70. The molecule has 1 amide bonds. The van der Waals surface area contributed by atoms with Crippen molar-refractivity contribution in [2.24, 2.45) is 23.7 Å². The van der Waals surface area contributed by atoms with Gasteiger partial charge in [0.15, 0.2) is 0 Å². The molecule has 27 heavy (non-hydrogen) atoms. The van der Waals surface area contributed by atoms with Crippen LogP contribution in [0.25, 0.3) is 0 Å². The lowest BCUT2D eigenvalue weighted by Crippen LogP contribution is -2.40. The van der Waals surface area contributed by atoms with Gasteiger partial charge < -0.3 is 10.1 Å². The van der Waals surface area contributed by atoms with Crippen LogP contribution in [0.15, 0.2) is 24.3 Å². The first-order chi connectivity index (χ1) is 13.0. The number of carbonyl (C=O) groups is 1. The average Bonchev–Trinajstić information content (AvgIpc) is 2.67. The minimum Gasteiger partial charge on any atom is -0.379 e. The largest absolute Gasteiger partial charge is 0.379 e. The van der Waals surface area contributed by atoms with E-state index in [1.165, 1.54) is 24.0 Å². The molecule has 4 nitrogen and oxygen atoms in total. The predicted molar refractivity (Wildman–Crippen MR) is 109 cm³/mol. The number of hydrogen-bond acceptors (Lipinski definition) is 3. The fourth-order valence-corrected chi connectivity index (χ4v) is 4.60. The number of amides is 1. The van der Waals surface area contributed by atoms with Gasteiger partial charge >= 0.3 is 0 Å². The Morgan fingerprint density at radius 3 is 2.48 bits per heavy atom. The molecule has 1 aliphatic heterocycles. The van der Waals surface area contributed by atoms with Gasteiger partial charge in [0.1, 0.15) is 0 Å². The van der Waals surface area contributed by atoms with Crippen LogP contribution in [0.2, 0.25) is 0 Å². The Kier molecular flexibility index (Phi) is 7.31. The summed E-state index contributed by atoms with van der Waals surface area (Å²) in [6.45, 7) is 12.1. The number of ether oxygens (including phenoxy) is 1. The molecule has 1 aromatic carbocycles. The Bertz CT molecular complexity index is 593. The fraction of sp³-hybridized carbons (Fsp3) is 0.696. The van der Waals surface area contributed by atoms with E-state index in [-0.39, 0.29) is 11.8 Å². The van der Waals surface area contributed by atoms with E-state index in [1.54, 1.807) is 0 Å². The highest BCUT2D eigenvalue weighted by Gasteiger charge is 2.35. The minimum absolute atomic E-state index is 0.175. The summed E-state index contributed by atoms with van der Waals surface area (Å²) in [4.78, 5) is 15.3. The van der Waals surface area contributed by atoms with Gasteiger partial charge in [-0.15, -0.1) is 0 Å². The topological polar surface area (TPSA) is 41.6 Å². The van der Waals surface area contributed by atoms with Crippen molar-refractivity contribution in [2.75, 3.05) is 26.3 Å². The number of carbonyl (C=O) groups excluding carboxylic acids is 1. The lowest BCUT2D eigenvalue weighted by atomic mass is 9.70. The van der Waals surface area contributed by atoms with Crippen LogP contribution in [0.3, 0.4) is 0 Å². The van der Waals surface area contributed by atoms with Crippen LogP contribution in [0.5, 0.6) is 0 Å². The van der Waals surface area contributed by atoms with E-state index in [0.29, 0.717) is 24.3 Å². The van der Waals surface area contributed by atoms with E-state index in [1.807, 2.05) is 0 Å². The van der Waals surface area contributed by atoms with Crippen LogP contribution in [0.4, 0.5) is 0 Å². The first-order valence-corrected chi connectivity index (χ1v) is 10.7. The third-order valence-corrected chi connectivity index (χ3v) is 6.36. The van der Waals surface area contributed by atoms with E-state index in [0.717, 1.165) is 39.3 Å². The van der Waals surface area contributed by atoms with Gasteiger partial charge in [0.25, 0.3) is 0 Å². The molecular formula is C23H36N2O2. The molecule has 4 heteroatoms. The Morgan fingerprint density at radius 2 is 1.81 bits per heavy atom. The fourth-order valence-electron chi connectivity index (χ4n) is 4.60. The van der Waals surface area contributed by atoms with Crippen LogP contribution in [-0.2, 0) is 22.6 Å². The Balaban J connectivity index is 1.50. The van der Waals surface area contributed by atoms with Crippen molar-refractivity contribution in [3.05, 3.63) is 35.4 Å². The van der Waals surface area contributed by atoms with E-state index < -0.39 is 0 Å². The van der Waals surface area contributed by atoms with Gasteiger partial charge in [0.05, 0.1) is 13.2 Å². The summed E-state index contributed by atoms with van der Waals surface area (Å²) in [5.74, 6) is 2.19. The van der Waals surface area contributed by atoms with Gasteiger partial charge in [-0.1, -0.05) is 51.5 Å². The Labute approximate surface area is 164 Å². The third kappa shape index (κ3) is 5.79. The van der Waals surface area contributed by atoms with Crippen LogP contribution < -0.4 is 5.32 Å². The van der Waals surface area contributed by atoms with Crippen molar-refractivity contribution in [3.63, 3.8) is 0 Å². The summed E-state index contributed by atoms with van der Waals surface area (Å²) in [7, 11) is 0. The molecular weight excluding hydrogens is 336 g/mol. The van der Waals surface area contributed by atoms with Crippen molar-refractivity contribution in [1.82, 2.24) is 10.2 Å².